The van der Waals surface area contributed by atoms with Gasteiger partial charge in [0, 0.05) is 11.3 Å². The molecule has 3 unspecified atom stereocenters. The summed E-state index contributed by atoms with van der Waals surface area (Å²) >= 11 is 0. The summed E-state index contributed by atoms with van der Waals surface area (Å²) in [6.45, 7) is 10.3. The first-order chi connectivity index (χ1) is 7.53. The van der Waals surface area contributed by atoms with Crippen LogP contribution in [0.2, 0.25) is 0 Å². The maximum atomic E-state index is 11.1. The fourth-order valence-corrected chi connectivity index (χ4v) is 3.84. The lowest BCUT2D eigenvalue weighted by atomic mass is 9.52. The Morgan fingerprint density at radius 3 is 2.88 bits per heavy atom. The molecule has 0 aromatic heterocycles. The van der Waals surface area contributed by atoms with Crippen LogP contribution in [0, 0.1) is 11.3 Å². The Morgan fingerprint density at radius 2 is 2.19 bits per heavy atom. The largest absolute Gasteiger partial charge is 0.389 e. The second-order valence-corrected chi connectivity index (χ2v) is 5.93. The van der Waals surface area contributed by atoms with Crippen molar-refractivity contribution >= 4 is 0 Å². The molecule has 0 aliphatic heterocycles. The van der Waals surface area contributed by atoms with Gasteiger partial charge in [-0.3, -0.25) is 0 Å². The Morgan fingerprint density at radius 1 is 1.44 bits per heavy atom. The highest BCUT2D eigenvalue weighted by atomic mass is 16.3. The first-order valence-electron chi connectivity index (χ1n) is 6.54. The van der Waals surface area contributed by atoms with Crippen LogP contribution in [0.5, 0.6) is 0 Å². The lowest BCUT2D eigenvalue weighted by Gasteiger charge is -2.56. The van der Waals surface area contributed by atoms with Crippen molar-refractivity contribution in [2.24, 2.45) is 11.3 Å². The highest BCUT2D eigenvalue weighted by Crippen LogP contribution is 2.56. The summed E-state index contributed by atoms with van der Waals surface area (Å²) in [7, 11) is 0. The van der Waals surface area contributed by atoms with Crippen molar-refractivity contribution in [3.8, 4) is 0 Å². The maximum Gasteiger partial charge on any atom is 0.0768 e. The predicted octanol–water partition coefficient (Wildman–Crippen LogP) is 3.84. The number of allylic oxidation sites excluding steroid dienone is 1. The molecule has 2 saturated carbocycles. The summed E-state index contributed by atoms with van der Waals surface area (Å²) in [5.41, 5.74) is 0.777. The second-order valence-electron chi connectivity index (χ2n) is 5.93. The number of aliphatic hydroxyl groups is 1. The van der Waals surface area contributed by atoms with E-state index in [2.05, 4.69) is 20.1 Å². The van der Waals surface area contributed by atoms with Crippen LogP contribution in [0.3, 0.4) is 0 Å². The summed E-state index contributed by atoms with van der Waals surface area (Å²) in [6, 6.07) is 0. The molecule has 0 spiro atoms. The Hall–Kier alpha value is -0.560. The van der Waals surface area contributed by atoms with Crippen LogP contribution < -0.4 is 0 Å². The summed E-state index contributed by atoms with van der Waals surface area (Å²) in [5, 5.41) is 11.1. The van der Waals surface area contributed by atoms with Crippen molar-refractivity contribution in [2.45, 2.75) is 57.5 Å². The van der Waals surface area contributed by atoms with Crippen LogP contribution in [0.25, 0.3) is 0 Å². The van der Waals surface area contributed by atoms with Gasteiger partial charge in [0.1, 0.15) is 0 Å². The van der Waals surface area contributed by atoms with Gasteiger partial charge >= 0.3 is 0 Å². The standard InChI is InChI=1S/C15H24O/c1-4-9-14(3)11-8-12(2)13-7-5-6-10-15(13,14)16/h4,13,16H,1-2,5-11H2,3H3. The SMILES string of the molecule is C=CCC1(C)CCC(=C)C2CCCCC21O. The molecule has 2 fully saturated rings. The van der Waals surface area contributed by atoms with E-state index in [9.17, 15) is 5.11 Å². The Labute approximate surface area is 99.3 Å². The normalized spacial score (nSPS) is 43.9. The van der Waals surface area contributed by atoms with Crippen LogP contribution in [-0.4, -0.2) is 10.7 Å². The molecule has 1 nitrogen and oxygen atoms in total. The molecule has 1 N–H and O–H groups in total. The van der Waals surface area contributed by atoms with Gasteiger partial charge in [-0.1, -0.05) is 38.0 Å². The van der Waals surface area contributed by atoms with Gasteiger partial charge in [-0.25, -0.2) is 0 Å². The molecule has 0 amide bonds. The third-order valence-corrected chi connectivity index (χ3v) is 5.01. The second kappa shape index (κ2) is 4.03. The van der Waals surface area contributed by atoms with Crippen LogP contribution in [0.4, 0.5) is 0 Å². The quantitative estimate of drug-likeness (QED) is 0.701. The van der Waals surface area contributed by atoms with E-state index in [0.717, 1.165) is 38.5 Å². The lowest BCUT2D eigenvalue weighted by Crippen LogP contribution is -2.56. The summed E-state index contributed by atoms with van der Waals surface area (Å²) < 4.78 is 0. The third kappa shape index (κ3) is 1.57. The average molecular weight is 220 g/mol. The monoisotopic (exact) mass is 220 g/mol. The predicted molar refractivity (Wildman–Crippen MR) is 68.2 cm³/mol. The van der Waals surface area contributed by atoms with Crippen LogP contribution in [-0.2, 0) is 0 Å². The molecule has 16 heavy (non-hydrogen) atoms. The molecule has 2 aliphatic carbocycles. The number of fused-ring (bicyclic) bond motifs is 1. The van der Waals surface area contributed by atoms with E-state index < -0.39 is 5.60 Å². The Bertz CT molecular complexity index is 307. The van der Waals surface area contributed by atoms with Crippen LogP contribution >= 0.6 is 0 Å². The van der Waals surface area contributed by atoms with E-state index in [1.165, 1.54) is 12.0 Å². The molecule has 90 valence electrons. The molecule has 0 bridgehead atoms. The van der Waals surface area contributed by atoms with Gasteiger partial charge in [0.25, 0.3) is 0 Å². The Balaban J connectivity index is 2.34. The van der Waals surface area contributed by atoms with Gasteiger partial charge in [-0.2, -0.15) is 0 Å². The van der Waals surface area contributed by atoms with E-state index in [1.807, 2.05) is 6.08 Å². The van der Waals surface area contributed by atoms with Gasteiger partial charge in [0.2, 0.25) is 0 Å². The van der Waals surface area contributed by atoms with E-state index in [4.69, 9.17) is 0 Å². The zero-order valence-corrected chi connectivity index (χ0v) is 10.5. The van der Waals surface area contributed by atoms with Crippen molar-refractivity contribution in [3.05, 3.63) is 24.8 Å². The summed E-state index contributed by atoms with van der Waals surface area (Å²) in [4.78, 5) is 0. The molecule has 2 rings (SSSR count). The van der Waals surface area contributed by atoms with E-state index in [1.54, 1.807) is 0 Å². The molecule has 0 aromatic carbocycles. The molecule has 3 atom stereocenters. The van der Waals surface area contributed by atoms with Gasteiger partial charge < -0.3 is 5.11 Å². The molecule has 2 aliphatic rings. The third-order valence-electron chi connectivity index (χ3n) is 5.01. The smallest absolute Gasteiger partial charge is 0.0768 e. The molecule has 0 radical (unpaired) electrons. The van der Waals surface area contributed by atoms with E-state index in [-0.39, 0.29) is 5.41 Å². The fraction of sp³-hybridized carbons (Fsp3) is 0.733. The van der Waals surface area contributed by atoms with Crippen molar-refractivity contribution in [2.75, 3.05) is 0 Å². The molecule has 1 heteroatoms. The van der Waals surface area contributed by atoms with E-state index >= 15 is 0 Å². The number of hydrogen-bond donors (Lipinski definition) is 1. The first-order valence-corrected chi connectivity index (χ1v) is 6.54. The fourth-order valence-electron chi connectivity index (χ4n) is 3.84. The minimum Gasteiger partial charge on any atom is -0.389 e. The summed E-state index contributed by atoms with van der Waals surface area (Å²) in [6.07, 6.45) is 9.51. The van der Waals surface area contributed by atoms with Gasteiger partial charge in [0.15, 0.2) is 0 Å². The van der Waals surface area contributed by atoms with Crippen molar-refractivity contribution < 1.29 is 5.11 Å². The molecule has 0 saturated heterocycles. The van der Waals surface area contributed by atoms with Crippen LogP contribution in [0.15, 0.2) is 24.8 Å². The van der Waals surface area contributed by atoms with Crippen LogP contribution in [0.1, 0.15) is 51.9 Å². The maximum absolute atomic E-state index is 11.1. The minimum atomic E-state index is -0.519. The minimum absolute atomic E-state index is 0.0149. The zero-order valence-electron chi connectivity index (χ0n) is 10.5. The van der Waals surface area contributed by atoms with Crippen molar-refractivity contribution in [1.82, 2.24) is 0 Å². The summed E-state index contributed by atoms with van der Waals surface area (Å²) in [5.74, 6) is 0.333. The van der Waals surface area contributed by atoms with Gasteiger partial charge in [-0.15, -0.1) is 6.58 Å². The first kappa shape index (κ1) is 11.9. The molecule has 0 aromatic rings. The highest BCUT2D eigenvalue weighted by Gasteiger charge is 2.54. The van der Waals surface area contributed by atoms with Crippen molar-refractivity contribution in [1.29, 1.82) is 0 Å². The number of hydrogen-bond acceptors (Lipinski definition) is 1. The van der Waals surface area contributed by atoms with Gasteiger partial charge in [0.05, 0.1) is 5.60 Å². The van der Waals surface area contributed by atoms with Gasteiger partial charge in [-0.05, 0) is 32.1 Å². The average Bonchev–Trinajstić information content (AvgIpc) is 2.25. The lowest BCUT2D eigenvalue weighted by molar-refractivity contribution is -0.146. The molecular formula is C15H24O. The number of rotatable bonds is 2. The van der Waals surface area contributed by atoms with E-state index in [0.29, 0.717) is 5.92 Å². The zero-order chi connectivity index (χ0) is 11.8. The topological polar surface area (TPSA) is 20.2 Å². The molecular weight excluding hydrogens is 196 g/mol. The highest BCUT2D eigenvalue weighted by molar-refractivity contribution is 5.20. The molecule has 0 heterocycles. The van der Waals surface area contributed by atoms with Crippen molar-refractivity contribution in [3.63, 3.8) is 0 Å². The Kier molecular flexibility index (Phi) is 3.00.